The molecule has 0 bridgehead atoms. The molecule has 1 atom stereocenters. The van der Waals surface area contributed by atoms with Gasteiger partial charge < -0.3 is 41.0 Å². The van der Waals surface area contributed by atoms with Crippen molar-refractivity contribution in [1.82, 2.24) is 9.13 Å². The largest absolute Gasteiger partial charge is 1.00 e. The highest BCUT2D eigenvalue weighted by atomic mass is 35.5. The van der Waals surface area contributed by atoms with Crippen LogP contribution in [0.4, 0.5) is 0 Å². The summed E-state index contributed by atoms with van der Waals surface area (Å²) >= 11 is 0. The molecular weight excluding hydrogens is 416 g/mol. The molecule has 2 aromatic carbocycles. The number of benzene rings is 2. The normalized spacial score (nSPS) is 16.9. The molecule has 3 N–H and O–H groups in total. The molecule has 8 heteroatoms. The average Bonchev–Trinajstić information content (AvgIpc) is 3.35. The number of hydrogen-bond acceptors (Lipinski definition) is 4. The standard InChI is InChI=1S/C23H28N4O3.ClH/c24-23-26(13-12-25-10-4-1-5-11-25)18-6-2-3-7-19(18)27(23)15-20(28)17-8-9-21-22(14-17)30-16-29-21;/h2-3,6-9,14,20,24,28H,1,4-5,10-13,15-16H2;1H. The monoisotopic (exact) mass is 444 g/mol. The number of hydrogen-bond donors (Lipinski definition) is 3. The highest BCUT2D eigenvalue weighted by Crippen LogP contribution is 2.34. The Hall–Kier alpha value is -2.48. The molecule has 1 saturated heterocycles. The molecule has 7 nitrogen and oxygen atoms in total. The van der Waals surface area contributed by atoms with Crippen LogP contribution in [0.5, 0.6) is 11.5 Å². The van der Waals surface area contributed by atoms with E-state index >= 15 is 0 Å². The van der Waals surface area contributed by atoms with Gasteiger partial charge in [0.1, 0.15) is 0 Å². The van der Waals surface area contributed by atoms with Crippen LogP contribution < -0.4 is 32.4 Å². The Morgan fingerprint density at radius 2 is 1.68 bits per heavy atom. The molecule has 0 spiro atoms. The van der Waals surface area contributed by atoms with Crippen molar-refractivity contribution in [2.45, 2.75) is 38.5 Å². The second-order valence-corrected chi connectivity index (χ2v) is 8.26. The smallest absolute Gasteiger partial charge is 0.231 e. The molecule has 1 unspecified atom stereocenters. The molecule has 2 aliphatic heterocycles. The maximum Gasteiger partial charge on any atom is 0.231 e. The molecule has 0 radical (unpaired) electrons. The molecule has 1 aromatic heterocycles. The van der Waals surface area contributed by atoms with Crippen molar-refractivity contribution in [2.24, 2.45) is 0 Å². The van der Waals surface area contributed by atoms with Gasteiger partial charge in [0.05, 0.1) is 49.9 Å². The van der Waals surface area contributed by atoms with Crippen molar-refractivity contribution >= 4 is 11.0 Å². The fourth-order valence-electron chi connectivity index (χ4n) is 4.68. The third-order valence-electron chi connectivity index (χ3n) is 6.36. The molecule has 0 amide bonds. The van der Waals surface area contributed by atoms with Crippen LogP contribution in [0.2, 0.25) is 0 Å². The zero-order chi connectivity index (χ0) is 20.5. The lowest BCUT2D eigenvalue weighted by atomic mass is 10.1. The lowest BCUT2D eigenvalue weighted by molar-refractivity contribution is -0.905. The van der Waals surface area contributed by atoms with E-state index in [-0.39, 0.29) is 19.2 Å². The second-order valence-electron chi connectivity index (χ2n) is 8.26. The van der Waals surface area contributed by atoms with Gasteiger partial charge in [-0.2, -0.15) is 0 Å². The van der Waals surface area contributed by atoms with Crippen molar-refractivity contribution in [3.63, 3.8) is 0 Å². The predicted octanol–water partition coefficient (Wildman–Crippen LogP) is -1.54. The van der Waals surface area contributed by atoms with Crippen LogP contribution in [0.15, 0.2) is 42.5 Å². The number of imidazole rings is 1. The van der Waals surface area contributed by atoms with Crippen LogP contribution in [0, 0.1) is 5.41 Å². The van der Waals surface area contributed by atoms with Crippen molar-refractivity contribution in [2.75, 3.05) is 26.4 Å². The van der Waals surface area contributed by atoms with E-state index in [1.54, 1.807) is 4.90 Å². The first kappa shape index (κ1) is 21.7. The predicted molar refractivity (Wildman–Crippen MR) is 113 cm³/mol. The molecule has 5 rings (SSSR count). The molecule has 31 heavy (non-hydrogen) atoms. The number of piperidine rings is 1. The Kier molecular flexibility index (Phi) is 6.55. The molecule has 3 aromatic rings. The van der Waals surface area contributed by atoms with Gasteiger partial charge in [0.15, 0.2) is 11.5 Å². The second kappa shape index (κ2) is 9.34. The molecule has 2 aliphatic rings. The van der Waals surface area contributed by atoms with E-state index in [0.717, 1.165) is 29.7 Å². The number of likely N-dealkylation sites (tertiary alicyclic amines) is 1. The van der Waals surface area contributed by atoms with Crippen LogP contribution in [0.25, 0.3) is 11.0 Å². The lowest BCUT2D eigenvalue weighted by Crippen LogP contribution is -3.13. The van der Waals surface area contributed by atoms with Gasteiger partial charge in [0.2, 0.25) is 12.4 Å². The van der Waals surface area contributed by atoms with E-state index in [2.05, 4.69) is 10.6 Å². The fraction of sp³-hybridized carbons (Fsp3) is 0.435. The van der Waals surface area contributed by atoms with E-state index in [0.29, 0.717) is 23.7 Å². The molecule has 1 fully saturated rings. The Balaban J connectivity index is 0.00000231. The van der Waals surface area contributed by atoms with E-state index in [1.807, 2.05) is 41.0 Å². The lowest BCUT2D eigenvalue weighted by Gasteiger charge is -2.23. The summed E-state index contributed by atoms with van der Waals surface area (Å²) in [6.07, 6.45) is 3.21. The third-order valence-corrected chi connectivity index (χ3v) is 6.36. The number of aromatic nitrogens is 2. The molecule has 166 valence electrons. The van der Waals surface area contributed by atoms with Gasteiger partial charge in [0, 0.05) is 0 Å². The van der Waals surface area contributed by atoms with Gasteiger partial charge in [-0.1, -0.05) is 18.2 Å². The molecule has 3 heterocycles. The Bertz CT molecular complexity index is 1100. The number of aliphatic hydroxyl groups is 1. The van der Waals surface area contributed by atoms with Gasteiger partial charge in [-0.25, -0.2) is 0 Å². The van der Waals surface area contributed by atoms with Gasteiger partial charge in [-0.3, -0.25) is 5.41 Å². The zero-order valence-corrected chi connectivity index (χ0v) is 18.3. The Morgan fingerprint density at radius 1 is 0.968 bits per heavy atom. The van der Waals surface area contributed by atoms with Crippen molar-refractivity contribution < 1.29 is 31.9 Å². The highest BCUT2D eigenvalue weighted by molar-refractivity contribution is 5.75. The van der Waals surface area contributed by atoms with Gasteiger partial charge in [0.25, 0.3) is 0 Å². The molecular formula is C23H29ClN4O3. The summed E-state index contributed by atoms with van der Waals surface area (Å²) in [7, 11) is 0. The average molecular weight is 445 g/mol. The summed E-state index contributed by atoms with van der Waals surface area (Å²) in [6.45, 7) is 4.86. The third kappa shape index (κ3) is 4.31. The number of ether oxygens (including phenoxy) is 2. The summed E-state index contributed by atoms with van der Waals surface area (Å²) in [5, 5.41) is 19.7. The minimum absolute atomic E-state index is 0. The summed E-state index contributed by atoms with van der Waals surface area (Å²) < 4.78 is 14.8. The van der Waals surface area contributed by atoms with Gasteiger partial charge in [-0.15, -0.1) is 0 Å². The maximum atomic E-state index is 10.9. The zero-order valence-electron chi connectivity index (χ0n) is 17.5. The minimum Gasteiger partial charge on any atom is -1.00 e. The number of halogens is 1. The van der Waals surface area contributed by atoms with Gasteiger partial charge in [-0.05, 0) is 49.1 Å². The van der Waals surface area contributed by atoms with Crippen molar-refractivity contribution in [3.8, 4) is 11.5 Å². The summed E-state index contributed by atoms with van der Waals surface area (Å²) in [5.41, 5.74) is 3.24. The maximum absolute atomic E-state index is 10.9. The SMILES string of the molecule is N=c1n(CC[NH+]2CCCCC2)c2ccccc2n1CC(O)c1ccc2c(c1)OCO2.[Cl-]. The number of nitrogens with one attached hydrogen (secondary N) is 2. The number of fused-ring (bicyclic) bond motifs is 2. The first-order chi connectivity index (χ1) is 14.7. The summed E-state index contributed by atoms with van der Waals surface area (Å²) in [6, 6.07) is 13.6. The highest BCUT2D eigenvalue weighted by Gasteiger charge is 2.20. The van der Waals surface area contributed by atoms with E-state index in [1.165, 1.54) is 32.4 Å². The van der Waals surface area contributed by atoms with E-state index in [4.69, 9.17) is 14.9 Å². The van der Waals surface area contributed by atoms with Crippen LogP contribution in [-0.2, 0) is 13.1 Å². The molecule has 0 aliphatic carbocycles. The van der Waals surface area contributed by atoms with Crippen LogP contribution in [0.3, 0.4) is 0 Å². The molecule has 0 saturated carbocycles. The van der Waals surface area contributed by atoms with Crippen molar-refractivity contribution in [3.05, 3.63) is 53.6 Å². The Morgan fingerprint density at radius 3 is 2.45 bits per heavy atom. The fourth-order valence-corrected chi connectivity index (χ4v) is 4.68. The van der Waals surface area contributed by atoms with E-state index < -0.39 is 6.10 Å². The van der Waals surface area contributed by atoms with Gasteiger partial charge >= 0.3 is 0 Å². The first-order valence-electron chi connectivity index (χ1n) is 10.8. The number of rotatable bonds is 6. The number of nitrogens with zero attached hydrogens (tertiary/aromatic N) is 2. The van der Waals surface area contributed by atoms with Crippen LogP contribution in [0.1, 0.15) is 30.9 Å². The van der Waals surface area contributed by atoms with Crippen LogP contribution >= 0.6 is 0 Å². The minimum atomic E-state index is -0.736. The van der Waals surface area contributed by atoms with Crippen LogP contribution in [-0.4, -0.2) is 40.7 Å². The topological polar surface area (TPSA) is 76.8 Å². The number of aliphatic hydroxyl groups excluding tert-OH is 1. The quantitative estimate of drug-likeness (QED) is 0.431. The van der Waals surface area contributed by atoms with E-state index in [9.17, 15) is 5.11 Å². The first-order valence-corrected chi connectivity index (χ1v) is 10.8. The number of para-hydroxylation sites is 2. The summed E-state index contributed by atoms with van der Waals surface area (Å²) in [5.74, 6) is 1.37. The number of quaternary nitrogens is 1. The summed E-state index contributed by atoms with van der Waals surface area (Å²) in [4.78, 5) is 1.63. The van der Waals surface area contributed by atoms with Crippen molar-refractivity contribution in [1.29, 1.82) is 5.41 Å². The Labute approximate surface area is 187 Å².